The fourth-order valence-corrected chi connectivity index (χ4v) is 1.93. The Bertz CT molecular complexity index is 635. The number of ether oxygens (including phenoxy) is 1. The topological polar surface area (TPSA) is 47.3 Å². The van der Waals surface area contributed by atoms with Crippen LogP contribution in [-0.2, 0) is 6.54 Å². The standard InChI is InChI=1S/C16H18N2O2/c1-13-10-17-18(11-13)12-15-9-14(5-3-4-8-19)6-7-16(15)20-2/h6-7,9-11,19H,4,8,12H2,1-2H3. The molecule has 20 heavy (non-hydrogen) atoms. The van der Waals surface area contributed by atoms with Gasteiger partial charge in [-0.25, -0.2) is 0 Å². The molecule has 2 aromatic rings. The lowest BCUT2D eigenvalue weighted by atomic mass is 10.1. The van der Waals surface area contributed by atoms with Crippen LogP contribution < -0.4 is 4.74 Å². The number of rotatable bonds is 4. The largest absolute Gasteiger partial charge is 0.496 e. The highest BCUT2D eigenvalue weighted by molar-refractivity contribution is 5.44. The van der Waals surface area contributed by atoms with E-state index >= 15 is 0 Å². The van der Waals surface area contributed by atoms with Crippen LogP contribution in [-0.4, -0.2) is 28.6 Å². The summed E-state index contributed by atoms with van der Waals surface area (Å²) in [6, 6.07) is 5.83. The molecular weight excluding hydrogens is 252 g/mol. The fraction of sp³-hybridized carbons (Fsp3) is 0.312. The molecule has 0 aliphatic heterocycles. The molecule has 1 aromatic heterocycles. The molecule has 0 spiro atoms. The van der Waals surface area contributed by atoms with Gasteiger partial charge >= 0.3 is 0 Å². The minimum Gasteiger partial charge on any atom is -0.496 e. The average molecular weight is 270 g/mol. The van der Waals surface area contributed by atoms with Crippen molar-refractivity contribution in [3.63, 3.8) is 0 Å². The second kappa shape index (κ2) is 6.78. The van der Waals surface area contributed by atoms with E-state index in [-0.39, 0.29) is 6.61 Å². The van der Waals surface area contributed by atoms with Crippen molar-refractivity contribution in [3.8, 4) is 17.6 Å². The van der Waals surface area contributed by atoms with Gasteiger partial charge < -0.3 is 9.84 Å². The van der Waals surface area contributed by atoms with Crippen molar-refractivity contribution >= 4 is 0 Å². The van der Waals surface area contributed by atoms with Crippen LogP contribution in [0.5, 0.6) is 5.75 Å². The Morgan fingerprint density at radius 1 is 1.40 bits per heavy atom. The average Bonchev–Trinajstić information content (AvgIpc) is 2.85. The minimum atomic E-state index is 0.0859. The Labute approximate surface area is 119 Å². The molecule has 0 unspecified atom stereocenters. The summed E-state index contributed by atoms with van der Waals surface area (Å²) in [5.74, 6) is 6.78. The van der Waals surface area contributed by atoms with E-state index in [1.165, 1.54) is 0 Å². The molecule has 4 heteroatoms. The first-order valence-electron chi connectivity index (χ1n) is 6.48. The summed E-state index contributed by atoms with van der Waals surface area (Å²) in [5, 5.41) is 13.0. The number of aliphatic hydroxyl groups excluding tert-OH is 1. The number of aryl methyl sites for hydroxylation is 1. The highest BCUT2D eigenvalue weighted by Crippen LogP contribution is 2.20. The Morgan fingerprint density at radius 3 is 2.90 bits per heavy atom. The van der Waals surface area contributed by atoms with Gasteiger partial charge in [0.05, 0.1) is 26.5 Å². The zero-order valence-corrected chi connectivity index (χ0v) is 11.8. The molecule has 2 rings (SSSR count). The first kappa shape index (κ1) is 14.2. The van der Waals surface area contributed by atoms with Gasteiger partial charge in [-0.15, -0.1) is 0 Å². The molecule has 0 atom stereocenters. The van der Waals surface area contributed by atoms with E-state index in [0.29, 0.717) is 13.0 Å². The van der Waals surface area contributed by atoms with Crippen LogP contribution in [0.2, 0.25) is 0 Å². The van der Waals surface area contributed by atoms with Gasteiger partial charge in [0, 0.05) is 23.7 Å². The maximum Gasteiger partial charge on any atom is 0.124 e. The van der Waals surface area contributed by atoms with E-state index in [1.54, 1.807) is 7.11 Å². The van der Waals surface area contributed by atoms with E-state index in [0.717, 1.165) is 22.4 Å². The summed E-state index contributed by atoms with van der Waals surface area (Å²) in [6.07, 6.45) is 4.31. The molecule has 1 aromatic carbocycles. The first-order chi connectivity index (χ1) is 9.72. The van der Waals surface area contributed by atoms with Gasteiger partial charge in [0.25, 0.3) is 0 Å². The molecule has 0 bridgehead atoms. The van der Waals surface area contributed by atoms with Crippen molar-refractivity contribution in [1.29, 1.82) is 0 Å². The predicted molar refractivity (Wildman–Crippen MR) is 77.6 cm³/mol. The van der Waals surface area contributed by atoms with Crippen molar-refractivity contribution in [2.45, 2.75) is 19.9 Å². The molecule has 0 fully saturated rings. The van der Waals surface area contributed by atoms with Crippen LogP contribution in [0.3, 0.4) is 0 Å². The molecule has 0 saturated carbocycles. The van der Waals surface area contributed by atoms with E-state index in [1.807, 2.05) is 42.2 Å². The van der Waals surface area contributed by atoms with E-state index in [4.69, 9.17) is 9.84 Å². The lowest BCUT2D eigenvalue weighted by Crippen LogP contribution is -2.02. The summed E-state index contributed by atoms with van der Waals surface area (Å²) in [6.45, 7) is 2.74. The molecule has 104 valence electrons. The summed E-state index contributed by atoms with van der Waals surface area (Å²) in [4.78, 5) is 0. The number of hydrogen-bond donors (Lipinski definition) is 1. The van der Waals surface area contributed by atoms with Crippen molar-refractivity contribution in [2.24, 2.45) is 0 Å². The third-order valence-electron chi connectivity index (χ3n) is 2.84. The van der Waals surface area contributed by atoms with Gasteiger partial charge in [-0.05, 0) is 30.7 Å². The lowest BCUT2D eigenvalue weighted by Gasteiger charge is -2.09. The van der Waals surface area contributed by atoms with Gasteiger partial charge in [-0.3, -0.25) is 4.68 Å². The Balaban J connectivity index is 2.25. The zero-order chi connectivity index (χ0) is 14.4. The summed E-state index contributed by atoms with van der Waals surface area (Å²) in [7, 11) is 1.66. The van der Waals surface area contributed by atoms with Gasteiger partial charge in [0.15, 0.2) is 0 Å². The summed E-state index contributed by atoms with van der Waals surface area (Å²) >= 11 is 0. The number of aliphatic hydroxyl groups is 1. The van der Waals surface area contributed by atoms with Crippen LogP contribution in [0, 0.1) is 18.8 Å². The third-order valence-corrected chi connectivity index (χ3v) is 2.84. The van der Waals surface area contributed by atoms with Crippen LogP contribution in [0.15, 0.2) is 30.6 Å². The molecule has 0 saturated heterocycles. The SMILES string of the molecule is COc1ccc(C#CCCO)cc1Cn1cc(C)cn1. The van der Waals surface area contributed by atoms with Crippen molar-refractivity contribution in [2.75, 3.05) is 13.7 Å². The Morgan fingerprint density at radius 2 is 2.25 bits per heavy atom. The predicted octanol–water partition coefficient (Wildman–Crippen LogP) is 1.98. The number of benzene rings is 1. The molecular formula is C16H18N2O2. The fourth-order valence-electron chi connectivity index (χ4n) is 1.93. The summed E-state index contributed by atoms with van der Waals surface area (Å²) in [5.41, 5.74) is 3.08. The normalized spacial score (nSPS) is 9.95. The molecule has 0 aliphatic rings. The lowest BCUT2D eigenvalue weighted by molar-refractivity contribution is 0.305. The van der Waals surface area contributed by atoms with Crippen LogP contribution in [0.25, 0.3) is 0 Å². The molecule has 1 heterocycles. The quantitative estimate of drug-likeness (QED) is 0.864. The molecule has 0 radical (unpaired) electrons. The second-order valence-electron chi connectivity index (χ2n) is 4.52. The Hall–Kier alpha value is -2.25. The van der Waals surface area contributed by atoms with Crippen LogP contribution in [0.4, 0.5) is 0 Å². The Kier molecular flexibility index (Phi) is 4.80. The van der Waals surface area contributed by atoms with Crippen LogP contribution >= 0.6 is 0 Å². The van der Waals surface area contributed by atoms with E-state index in [9.17, 15) is 0 Å². The zero-order valence-electron chi connectivity index (χ0n) is 11.8. The molecule has 0 aliphatic carbocycles. The van der Waals surface area contributed by atoms with Gasteiger partial charge in [0.1, 0.15) is 5.75 Å². The van der Waals surface area contributed by atoms with Crippen molar-refractivity contribution < 1.29 is 9.84 Å². The first-order valence-corrected chi connectivity index (χ1v) is 6.48. The van der Waals surface area contributed by atoms with Crippen molar-refractivity contribution in [3.05, 3.63) is 47.3 Å². The monoisotopic (exact) mass is 270 g/mol. The molecule has 4 nitrogen and oxygen atoms in total. The van der Waals surface area contributed by atoms with E-state index < -0.39 is 0 Å². The number of methoxy groups -OCH3 is 1. The third kappa shape index (κ3) is 3.62. The second-order valence-corrected chi connectivity index (χ2v) is 4.52. The highest BCUT2D eigenvalue weighted by Gasteiger charge is 2.05. The molecule has 0 amide bonds. The van der Waals surface area contributed by atoms with Gasteiger partial charge in [-0.2, -0.15) is 5.10 Å². The van der Waals surface area contributed by atoms with Gasteiger partial charge in [0.2, 0.25) is 0 Å². The van der Waals surface area contributed by atoms with Crippen LogP contribution in [0.1, 0.15) is 23.1 Å². The summed E-state index contributed by atoms with van der Waals surface area (Å²) < 4.78 is 7.25. The smallest absolute Gasteiger partial charge is 0.124 e. The number of aromatic nitrogens is 2. The maximum absolute atomic E-state index is 8.74. The van der Waals surface area contributed by atoms with Crippen molar-refractivity contribution in [1.82, 2.24) is 9.78 Å². The maximum atomic E-state index is 8.74. The number of hydrogen-bond acceptors (Lipinski definition) is 3. The molecule has 1 N–H and O–H groups in total. The minimum absolute atomic E-state index is 0.0859. The number of nitrogens with zero attached hydrogens (tertiary/aromatic N) is 2. The van der Waals surface area contributed by atoms with E-state index in [2.05, 4.69) is 16.9 Å². The highest BCUT2D eigenvalue weighted by atomic mass is 16.5. The van der Waals surface area contributed by atoms with Gasteiger partial charge in [-0.1, -0.05) is 11.8 Å².